The summed E-state index contributed by atoms with van der Waals surface area (Å²) in [6, 6.07) is 22.0. The van der Waals surface area contributed by atoms with Crippen molar-refractivity contribution in [3.05, 3.63) is 94.5 Å². The number of benzene rings is 3. The third kappa shape index (κ3) is 2.93. The fourth-order valence-electron chi connectivity index (χ4n) is 3.47. The van der Waals surface area contributed by atoms with E-state index in [0.29, 0.717) is 22.2 Å². The maximum absolute atomic E-state index is 12.8. The van der Waals surface area contributed by atoms with Gasteiger partial charge in [-0.3, -0.25) is 0 Å². The fraction of sp³-hybridized carbons (Fsp3) is 0.0417. The topological polar surface area (TPSA) is 69.4 Å². The van der Waals surface area contributed by atoms with Crippen LogP contribution in [-0.2, 0) is 0 Å². The second kappa shape index (κ2) is 6.56. The Balaban J connectivity index is 1.63. The minimum absolute atomic E-state index is 0.154. The summed E-state index contributed by atoms with van der Waals surface area (Å²) >= 11 is 0. The number of aryl methyl sites for hydroxylation is 1. The lowest BCUT2D eigenvalue weighted by Crippen LogP contribution is -2.19. The number of pyridine rings is 1. The molecule has 0 saturated carbocycles. The zero-order chi connectivity index (χ0) is 20.0. The van der Waals surface area contributed by atoms with Gasteiger partial charge in [0.05, 0.1) is 0 Å². The number of fused-ring (bicyclic) bond motifs is 4. The lowest BCUT2D eigenvalue weighted by molar-refractivity contribution is 0.0732. The molecule has 0 unspecified atom stereocenters. The van der Waals surface area contributed by atoms with Crippen LogP contribution < -0.4 is 10.4 Å². The molecule has 140 valence electrons. The number of aromatic nitrogens is 1. The van der Waals surface area contributed by atoms with E-state index in [0.717, 1.165) is 21.9 Å². The standard InChI is InChI=1S/C24H15NO4/c1-14-9-10-16-6-4-8-21(22(16)25-14)29-24(27)19-13-18-17-7-3-2-5-15(17)11-12-20(18)28-23(19)26/h2-13H,1H3. The highest BCUT2D eigenvalue weighted by molar-refractivity contribution is 6.07. The molecule has 5 heteroatoms. The van der Waals surface area contributed by atoms with E-state index in [2.05, 4.69) is 4.98 Å². The van der Waals surface area contributed by atoms with E-state index in [1.54, 1.807) is 18.2 Å². The third-order valence-corrected chi connectivity index (χ3v) is 4.89. The molecule has 0 amide bonds. The van der Waals surface area contributed by atoms with Gasteiger partial charge in [0.15, 0.2) is 5.75 Å². The predicted molar refractivity (Wildman–Crippen MR) is 111 cm³/mol. The Labute approximate surface area is 165 Å². The Morgan fingerprint density at radius 1 is 0.897 bits per heavy atom. The fourth-order valence-corrected chi connectivity index (χ4v) is 3.47. The number of nitrogens with zero attached hydrogens (tertiary/aromatic N) is 1. The number of carbonyl (C=O) groups excluding carboxylic acids is 1. The minimum atomic E-state index is -0.774. The number of para-hydroxylation sites is 1. The van der Waals surface area contributed by atoms with Gasteiger partial charge in [0.1, 0.15) is 16.7 Å². The minimum Gasteiger partial charge on any atom is -0.422 e. The van der Waals surface area contributed by atoms with Crippen molar-refractivity contribution in [2.24, 2.45) is 0 Å². The van der Waals surface area contributed by atoms with Gasteiger partial charge in [0.25, 0.3) is 0 Å². The molecule has 0 radical (unpaired) electrons. The van der Waals surface area contributed by atoms with Crippen molar-refractivity contribution in [2.75, 3.05) is 0 Å². The smallest absolute Gasteiger partial charge is 0.351 e. The van der Waals surface area contributed by atoms with Crippen molar-refractivity contribution in [2.45, 2.75) is 6.92 Å². The average Bonchev–Trinajstić information content (AvgIpc) is 2.73. The van der Waals surface area contributed by atoms with Gasteiger partial charge in [-0.1, -0.05) is 48.5 Å². The van der Waals surface area contributed by atoms with Gasteiger partial charge in [0, 0.05) is 16.5 Å². The molecule has 0 bridgehead atoms. The number of esters is 1. The molecule has 2 heterocycles. The molecule has 5 nitrogen and oxygen atoms in total. The molecule has 0 atom stereocenters. The van der Waals surface area contributed by atoms with E-state index in [-0.39, 0.29) is 5.56 Å². The van der Waals surface area contributed by atoms with Crippen LogP contribution in [0.1, 0.15) is 16.1 Å². The summed E-state index contributed by atoms with van der Waals surface area (Å²) in [7, 11) is 0. The Morgan fingerprint density at radius 3 is 2.59 bits per heavy atom. The zero-order valence-electron chi connectivity index (χ0n) is 15.5. The number of ether oxygens (including phenoxy) is 1. The van der Waals surface area contributed by atoms with Gasteiger partial charge < -0.3 is 9.15 Å². The van der Waals surface area contributed by atoms with Crippen LogP contribution in [0.4, 0.5) is 0 Å². The van der Waals surface area contributed by atoms with Gasteiger partial charge in [-0.2, -0.15) is 0 Å². The first kappa shape index (κ1) is 17.1. The Morgan fingerprint density at radius 2 is 1.69 bits per heavy atom. The maximum atomic E-state index is 12.8. The van der Waals surface area contributed by atoms with Crippen LogP contribution in [0.3, 0.4) is 0 Å². The second-order valence-corrected chi connectivity index (χ2v) is 6.82. The predicted octanol–water partition coefficient (Wildman–Crippen LogP) is 5.02. The lowest BCUT2D eigenvalue weighted by Gasteiger charge is -2.08. The normalized spacial score (nSPS) is 11.2. The van der Waals surface area contributed by atoms with Crippen molar-refractivity contribution < 1.29 is 13.9 Å². The number of hydrogen-bond acceptors (Lipinski definition) is 5. The molecule has 0 saturated heterocycles. The van der Waals surface area contributed by atoms with Gasteiger partial charge in [0.2, 0.25) is 0 Å². The molecular formula is C24H15NO4. The van der Waals surface area contributed by atoms with Crippen molar-refractivity contribution in [3.8, 4) is 5.75 Å². The van der Waals surface area contributed by atoms with Gasteiger partial charge in [-0.25, -0.2) is 14.6 Å². The highest BCUT2D eigenvalue weighted by Gasteiger charge is 2.18. The largest absolute Gasteiger partial charge is 0.422 e. The summed E-state index contributed by atoms with van der Waals surface area (Å²) in [4.78, 5) is 29.7. The van der Waals surface area contributed by atoms with E-state index in [9.17, 15) is 9.59 Å². The number of carbonyl (C=O) groups is 1. The van der Waals surface area contributed by atoms with E-state index in [1.165, 1.54) is 6.07 Å². The van der Waals surface area contributed by atoms with Crippen LogP contribution in [0.2, 0.25) is 0 Å². The van der Waals surface area contributed by atoms with Gasteiger partial charge in [-0.05, 0) is 42.0 Å². The van der Waals surface area contributed by atoms with Crippen molar-refractivity contribution in [1.82, 2.24) is 4.98 Å². The molecular weight excluding hydrogens is 366 g/mol. The van der Waals surface area contributed by atoms with E-state index in [1.807, 2.05) is 55.5 Å². The van der Waals surface area contributed by atoms with Crippen molar-refractivity contribution in [3.63, 3.8) is 0 Å². The van der Waals surface area contributed by atoms with Gasteiger partial charge >= 0.3 is 11.6 Å². The van der Waals surface area contributed by atoms with Gasteiger partial charge in [-0.15, -0.1) is 0 Å². The van der Waals surface area contributed by atoms with Crippen LogP contribution >= 0.6 is 0 Å². The number of rotatable bonds is 2. The SMILES string of the molecule is Cc1ccc2cccc(OC(=O)c3cc4c(ccc5ccccc54)oc3=O)c2n1. The molecule has 5 rings (SSSR count). The Bertz CT molecular complexity index is 1480. The summed E-state index contributed by atoms with van der Waals surface area (Å²) in [5.74, 6) is -0.474. The molecule has 0 aliphatic heterocycles. The summed E-state index contributed by atoms with van der Waals surface area (Å²) in [5, 5.41) is 3.41. The maximum Gasteiger partial charge on any atom is 0.351 e. The van der Waals surface area contributed by atoms with Crippen molar-refractivity contribution >= 4 is 38.6 Å². The average molecular weight is 381 g/mol. The molecule has 0 aliphatic rings. The van der Waals surface area contributed by atoms with Crippen LogP contribution in [-0.4, -0.2) is 11.0 Å². The first-order chi connectivity index (χ1) is 14.1. The van der Waals surface area contributed by atoms with Crippen LogP contribution in [0.25, 0.3) is 32.6 Å². The molecule has 3 aromatic carbocycles. The summed E-state index contributed by atoms with van der Waals surface area (Å²) in [6.07, 6.45) is 0. The summed E-state index contributed by atoms with van der Waals surface area (Å²) in [5.41, 5.74) is 0.905. The van der Waals surface area contributed by atoms with Crippen LogP contribution in [0, 0.1) is 6.92 Å². The van der Waals surface area contributed by atoms with Crippen molar-refractivity contribution in [1.29, 1.82) is 0 Å². The quantitative estimate of drug-likeness (QED) is 0.186. The summed E-state index contributed by atoms with van der Waals surface area (Å²) in [6.45, 7) is 1.86. The molecule has 2 aromatic heterocycles. The highest BCUT2D eigenvalue weighted by atomic mass is 16.5. The first-order valence-corrected chi connectivity index (χ1v) is 9.14. The van der Waals surface area contributed by atoms with E-state index >= 15 is 0 Å². The summed E-state index contributed by atoms with van der Waals surface area (Å²) < 4.78 is 10.9. The molecule has 0 spiro atoms. The Kier molecular flexibility index (Phi) is 3.88. The van der Waals surface area contributed by atoms with E-state index in [4.69, 9.17) is 9.15 Å². The molecule has 0 N–H and O–H groups in total. The zero-order valence-corrected chi connectivity index (χ0v) is 15.5. The molecule has 0 fully saturated rings. The van der Waals surface area contributed by atoms with E-state index < -0.39 is 11.6 Å². The monoisotopic (exact) mass is 381 g/mol. The van der Waals surface area contributed by atoms with Crippen LogP contribution in [0.5, 0.6) is 5.75 Å². The second-order valence-electron chi connectivity index (χ2n) is 6.82. The lowest BCUT2D eigenvalue weighted by atomic mass is 10.0. The third-order valence-electron chi connectivity index (χ3n) is 4.89. The Hall–Kier alpha value is -3.99. The number of hydrogen-bond donors (Lipinski definition) is 0. The molecule has 29 heavy (non-hydrogen) atoms. The highest BCUT2D eigenvalue weighted by Crippen LogP contribution is 2.27. The van der Waals surface area contributed by atoms with Crippen LogP contribution in [0.15, 0.2) is 82.0 Å². The first-order valence-electron chi connectivity index (χ1n) is 9.14. The molecule has 0 aliphatic carbocycles. The molecule has 5 aromatic rings.